The van der Waals surface area contributed by atoms with Crippen molar-refractivity contribution in [1.29, 1.82) is 0 Å². The van der Waals surface area contributed by atoms with Crippen LogP contribution in [0.1, 0.15) is 23.3 Å². The van der Waals surface area contributed by atoms with E-state index in [1.807, 2.05) is 0 Å². The van der Waals surface area contributed by atoms with Crippen LogP contribution in [0.3, 0.4) is 0 Å². The monoisotopic (exact) mass is 237 g/mol. The molecule has 0 unspecified atom stereocenters. The Hall–Kier alpha value is -1.98. The smallest absolute Gasteiger partial charge is 0.305 e. The van der Waals surface area contributed by atoms with Gasteiger partial charge in [0.2, 0.25) is 0 Å². The zero-order chi connectivity index (χ0) is 12.7. The first-order chi connectivity index (χ1) is 8.15. The molecule has 1 aromatic rings. The molecule has 0 radical (unpaired) electrons. The lowest BCUT2D eigenvalue weighted by molar-refractivity contribution is -0.140. The zero-order valence-corrected chi connectivity index (χ0v) is 9.92. The molecular weight excluding hydrogens is 222 g/mol. The summed E-state index contributed by atoms with van der Waals surface area (Å²) in [4.78, 5) is 31.9. The van der Waals surface area contributed by atoms with Crippen LogP contribution in [-0.2, 0) is 9.53 Å². The van der Waals surface area contributed by atoms with Crippen LogP contribution in [0.15, 0.2) is 18.6 Å². The summed E-state index contributed by atoms with van der Waals surface area (Å²) in [6, 6.07) is 0. The molecule has 0 aromatic carbocycles. The third kappa shape index (κ3) is 4.18. The van der Waals surface area contributed by atoms with E-state index in [1.54, 1.807) is 7.05 Å². The minimum absolute atomic E-state index is 0.206. The number of carbonyl (C=O) groups is 2. The Morgan fingerprint density at radius 2 is 2.18 bits per heavy atom. The SMILES string of the molecule is COC(=O)CCCN(C)C(=O)c1cnccn1. The molecular formula is C11H15N3O3. The number of carbonyl (C=O) groups excluding carboxylic acids is 2. The molecule has 0 atom stereocenters. The molecule has 17 heavy (non-hydrogen) atoms. The normalized spacial score (nSPS) is 9.76. The predicted octanol–water partition coefficient (Wildman–Crippen LogP) is 0.502. The largest absolute Gasteiger partial charge is 0.469 e. The van der Waals surface area contributed by atoms with Gasteiger partial charge in [-0.15, -0.1) is 0 Å². The number of aromatic nitrogens is 2. The molecule has 1 heterocycles. The van der Waals surface area contributed by atoms with E-state index in [2.05, 4.69) is 14.7 Å². The van der Waals surface area contributed by atoms with Crippen molar-refractivity contribution in [3.8, 4) is 0 Å². The highest BCUT2D eigenvalue weighted by atomic mass is 16.5. The van der Waals surface area contributed by atoms with E-state index in [1.165, 1.54) is 30.6 Å². The maximum Gasteiger partial charge on any atom is 0.305 e. The number of hydrogen-bond acceptors (Lipinski definition) is 5. The highest BCUT2D eigenvalue weighted by Crippen LogP contribution is 2.00. The average molecular weight is 237 g/mol. The summed E-state index contributed by atoms with van der Waals surface area (Å²) >= 11 is 0. The van der Waals surface area contributed by atoms with Gasteiger partial charge in [0.25, 0.3) is 5.91 Å². The van der Waals surface area contributed by atoms with Crippen molar-refractivity contribution in [2.75, 3.05) is 20.7 Å². The van der Waals surface area contributed by atoms with E-state index in [9.17, 15) is 9.59 Å². The molecule has 0 aliphatic carbocycles. The van der Waals surface area contributed by atoms with Crippen LogP contribution >= 0.6 is 0 Å². The van der Waals surface area contributed by atoms with Gasteiger partial charge in [0, 0.05) is 32.4 Å². The molecule has 1 rings (SSSR count). The summed E-state index contributed by atoms with van der Waals surface area (Å²) in [5.74, 6) is -0.478. The van der Waals surface area contributed by atoms with Gasteiger partial charge < -0.3 is 9.64 Å². The van der Waals surface area contributed by atoms with Crippen LogP contribution in [0.25, 0.3) is 0 Å². The number of hydrogen-bond donors (Lipinski definition) is 0. The van der Waals surface area contributed by atoms with Crippen molar-refractivity contribution < 1.29 is 14.3 Å². The fraction of sp³-hybridized carbons (Fsp3) is 0.455. The first kappa shape index (κ1) is 13.1. The van der Waals surface area contributed by atoms with Crippen molar-refractivity contribution in [1.82, 2.24) is 14.9 Å². The minimum Gasteiger partial charge on any atom is -0.469 e. The zero-order valence-electron chi connectivity index (χ0n) is 9.92. The number of esters is 1. The second kappa shape index (κ2) is 6.57. The molecule has 6 heteroatoms. The lowest BCUT2D eigenvalue weighted by atomic mass is 10.3. The topological polar surface area (TPSA) is 72.4 Å². The Labute approximate surface area is 99.6 Å². The lowest BCUT2D eigenvalue weighted by Crippen LogP contribution is -2.28. The van der Waals surface area contributed by atoms with Gasteiger partial charge in [-0.25, -0.2) is 4.98 Å². The maximum absolute atomic E-state index is 11.8. The van der Waals surface area contributed by atoms with Crippen LogP contribution in [0.4, 0.5) is 0 Å². The molecule has 0 aliphatic rings. The van der Waals surface area contributed by atoms with E-state index in [4.69, 9.17) is 0 Å². The Bertz CT molecular complexity index is 381. The Morgan fingerprint density at radius 1 is 1.41 bits per heavy atom. The Morgan fingerprint density at radius 3 is 2.76 bits per heavy atom. The predicted molar refractivity (Wildman–Crippen MR) is 60.2 cm³/mol. The fourth-order valence-electron chi connectivity index (χ4n) is 1.27. The molecule has 1 aromatic heterocycles. The highest BCUT2D eigenvalue weighted by molar-refractivity contribution is 5.91. The first-order valence-corrected chi connectivity index (χ1v) is 5.23. The summed E-state index contributed by atoms with van der Waals surface area (Å²) in [7, 11) is 3.01. The third-order valence-corrected chi connectivity index (χ3v) is 2.23. The summed E-state index contributed by atoms with van der Waals surface area (Å²) in [6.07, 6.45) is 5.26. The van der Waals surface area contributed by atoms with E-state index < -0.39 is 0 Å². The molecule has 6 nitrogen and oxygen atoms in total. The quantitative estimate of drug-likeness (QED) is 0.697. The van der Waals surface area contributed by atoms with Crippen LogP contribution in [0.2, 0.25) is 0 Å². The van der Waals surface area contributed by atoms with Crippen molar-refractivity contribution in [2.24, 2.45) is 0 Å². The van der Waals surface area contributed by atoms with Gasteiger partial charge in [0.15, 0.2) is 0 Å². The Kier molecular flexibility index (Phi) is 5.06. The van der Waals surface area contributed by atoms with Gasteiger partial charge in [0.1, 0.15) is 5.69 Å². The van der Waals surface area contributed by atoms with Crippen LogP contribution in [0, 0.1) is 0 Å². The number of ether oxygens (including phenoxy) is 1. The fourth-order valence-corrected chi connectivity index (χ4v) is 1.27. The van der Waals surface area contributed by atoms with Gasteiger partial charge in [0.05, 0.1) is 13.3 Å². The minimum atomic E-state index is -0.273. The van der Waals surface area contributed by atoms with Crippen molar-refractivity contribution in [2.45, 2.75) is 12.8 Å². The van der Waals surface area contributed by atoms with Crippen molar-refractivity contribution in [3.63, 3.8) is 0 Å². The van der Waals surface area contributed by atoms with Crippen molar-refractivity contribution >= 4 is 11.9 Å². The number of methoxy groups -OCH3 is 1. The van der Waals surface area contributed by atoms with Gasteiger partial charge >= 0.3 is 5.97 Å². The summed E-state index contributed by atoms with van der Waals surface area (Å²) in [5, 5.41) is 0. The van der Waals surface area contributed by atoms with Gasteiger partial charge in [-0.3, -0.25) is 14.6 Å². The average Bonchev–Trinajstić information content (AvgIpc) is 2.38. The number of amides is 1. The molecule has 0 saturated heterocycles. The van der Waals surface area contributed by atoms with Gasteiger partial charge in [-0.05, 0) is 6.42 Å². The van der Waals surface area contributed by atoms with E-state index in [-0.39, 0.29) is 11.9 Å². The second-order valence-corrected chi connectivity index (χ2v) is 3.50. The summed E-state index contributed by atoms with van der Waals surface area (Å²) in [6.45, 7) is 0.477. The van der Waals surface area contributed by atoms with E-state index in [0.29, 0.717) is 25.1 Å². The summed E-state index contributed by atoms with van der Waals surface area (Å²) in [5.41, 5.74) is 0.299. The first-order valence-electron chi connectivity index (χ1n) is 5.23. The molecule has 92 valence electrons. The standard InChI is InChI=1S/C11H15N3O3/c1-14(7-3-4-10(15)17-2)11(16)9-8-12-5-6-13-9/h5-6,8H,3-4,7H2,1-2H3. The lowest BCUT2D eigenvalue weighted by Gasteiger charge is -2.15. The molecule has 0 N–H and O–H groups in total. The van der Waals surface area contributed by atoms with Gasteiger partial charge in [-0.1, -0.05) is 0 Å². The third-order valence-electron chi connectivity index (χ3n) is 2.23. The maximum atomic E-state index is 11.8. The molecule has 0 aliphatic heterocycles. The second-order valence-electron chi connectivity index (χ2n) is 3.50. The van der Waals surface area contributed by atoms with Crippen molar-refractivity contribution in [3.05, 3.63) is 24.3 Å². The van der Waals surface area contributed by atoms with E-state index in [0.717, 1.165) is 0 Å². The molecule has 1 amide bonds. The molecule has 0 saturated carbocycles. The highest BCUT2D eigenvalue weighted by Gasteiger charge is 2.13. The molecule has 0 bridgehead atoms. The molecule has 0 spiro atoms. The number of nitrogens with zero attached hydrogens (tertiary/aromatic N) is 3. The van der Waals surface area contributed by atoms with Gasteiger partial charge in [-0.2, -0.15) is 0 Å². The van der Waals surface area contributed by atoms with Crippen LogP contribution < -0.4 is 0 Å². The Balaban J connectivity index is 2.40. The van der Waals surface area contributed by atoms with Crippen LogP contribution in [0.5, 0.6) is 0 Å². The number of rotatable bonds is 5. The summed E-state index contributed by atoms with van der Waals surface area (Å²) < 4.78 is 4.51. The van der Waals surface area contributed by atoms with E-state index >= 15 is 0 Å². The van der Waals surface area contributed by atoms with Crippen LogP contribution in [-0.4, -0.2) is 47.4 Å². The molecule has 0 fully saturated rings.